The number of ether oxygens (including phenoxy) is 1. The van der Waals surface area contributed by atoms with Crippen LogP contribution in [-0.4, -0.2) is 35.8 Å². The number of halogens is 1. The van der Waals surface area contributed by atoms with Crippen LogP contribution in [0.5, 0.6) is 0 Å². The van der Waals surface area contributed by atoms with Crippen LogP contribution in [0.25, 0.3) is 10.9 Å². The maximum absolute atomic E-state index is 12.7. The predicted molar refractivity (Wildman–Crippen MR) is 111 cm³/mol. The Morgan fingerprint density at radius 3 is 2.76 bits per heavy atom. The standard InChI is InChI=1S/C22H19ClN2O4/c1-13-21(15-5-2-3-6-17(15)24-13)19(26)12-29-22(28)16-9-8-14(23)11-18(16)25-10-4-7-20(25)27/h2-3,5-6,8-9,11,24H,4,7,10,12H2,1H3. The number of fused-ring (bicyclic) bond motifs is 1. The molecule has 1 aliphatic heterocycles. The zero-order valence-electron chi connectivity index (χ0n) is 15.8. The van der Waals surface area contributed by atoms with Crippen molar-refractivity contribution in [2.45, 2.75) is 19.8 Å². The minimum absolute atomic E-state index is 0.0631. The minimum atomic E-state index is -0.665. The molecule has 2 aromatic carbocycles. The third-order valence-corrected chi connectivity index (χ3v) is 5.29. The molecule has 0 atom stereocenters. The molecule has 0 bridgehead atoms. The number of ketones is 1. The molecule has 7 heteroatoms. The van der Waals surface area contributed by atoms with Crippen molar-refractivity contribution >= 4 is 45.9 Å². The second-order valence-electron chi connectivity index (χ2n) is 6.98. The molecule has 0 spiro atoms. The van der Waals surface area contributed by atoms with E-state index in [1.807, 2.05) is 31.2 Å². The zero-order valence-corrected chi connectivity index (χ0v) is 16.6. The van der Waals surface area contributed by atoms with Gasteiger partial charge in [-0.05, 0) is 37.6 Å². The number of carbonyl (C=O) groups excluding carboxylic acids is 3. The van der Waals surface area contributed by atoms with Crippen molar-refractivity contribution in [2.24, 2.45) is 0 Å². The predicted octanol–water partition coefficient (Wildman–Crippen LogP) is 4.30. The summed E-state index contributed by atoms with van der Waals surface area (Å²) < 4.78 is 5.31. The second kappa shape index (κ2) is 7.72. The summed E-state index contributed by atoms with van der Waals surface area (Å²) in [6.45, 7) is 1.94. The van der Waals surface area contributed by atoms with Gasteiger partial charge in [0.25, 0.3) is 0 Å². The second-order valence-corrected chi connectivity index (χ2v) is 7.42. The van der Waals surface area contributed by atoms with Gasteiger partial charge in [0.2, 0.25) is 11.7 Å². The lowest BCUT2D eigenvalue weighted by Crippen LogP contribution is -2.26. The topological polar surface area (TPSA) is 79.5 Å². The Hall–Kier alpha value is -3.12. The molecule has 0 aliphatic carbocycles. The quantitative estimate of drug-likeness (QED) is 0.502. The van der Waals surface area contributed by atoms with Gasteiger partial charge in [0, 0.05) is 40.1 Å². The number of aromatic nitrogens is 1. The number of hydrogen-bond donors (Lipinski definition) is 1. The van der Waals surface area contributed by atoms with Crippen molar-refractivity contribution in [3.05, 3.63) is 64.3 Å². The molecule has 148 valence electrons. The fourth-order valence-corrected chi connectivity index (χ4v) is 3.89. The van der Waals surface area contributed by atoms with Crippen molar-refractivity contribution in [1.82, 2.24) is 4.98 Å². The molecule has 1 N–H and O–H groups in total. The molecule has 1 amide bonds. The number of carbonyl (C=O) groups is 3. The minimum Gasteiger partial charge on any atom is -0.454 e. The summed E-state index contributed by atoms with van der Waals surface area (Å²) in [5.74, 6) is -1.02. The summed E-state index contributed by atoms with van der Waals surface area (Å²) in [5, 5.41) is 1.21. The first-order chi connectivity index (χ1) is 14.0. The summed E-state index contributed by atoms with van der Waals surface area (Å²) >= 11 is 6.07. The molecule has 6 nitrogen and oxygen atoms in total. The van der Waals surface area contributed by atoms with Gasteiger partial charge in [0.1, 0.15) is 0 Å². The summed E-state index contributed by atoms with van der Waals surface area (Å²) in [4.78, 5) is 42.3. The molecule has 3 aromatic rings. The van der Waals surface area contributed by atoms with Crippen LogP contribution in [-0.2, 0) is 9.53 Å². The number of aryl methyl sites for hydroxylation is 1. The number of esters is 1. The van der Waals surface area contributed by atoms with Crippen LogP contribution >= 0.6 is 11.6 Å². The summed E-state index contributed by atoms with van der Waals surface area (Å²) in [6, 6.07) is 12.1. The normalized spacial score (nSPS) is 13.9. The molecular weight excluding hydrogens is 392 g/mol. The Bertz CT molecular complexity index is 1140. The van der Waals surface area contributed by atoms with E-state index >= 15 is 0 Å². The lowest BCUT2D eigenvalue weighted by molar-refractivity contribution is -0.117. The van der Waals surface area contributed by atoms with Crippen molar-refractivity contribution < 1.29 is 19.1 Å². The van der Waals surface area contributed by atoms with E-state index in [4.69, 9.17) is 16.3 Å². The smallest absolute Gasteiger partial charge is 0.340 e. The number of Topliss-reactive ketones (excluding diaryl/α,β-unsaturated/α-hetero) is 1. The van der Waals surface area contributed by atoms with E-state index in [0.717, 1.165) is 23.0 Å². The molecule has 1 saturated heterocycles. The number of H-pyrrole nitrogens is 1. The highest BCUT2D eigenvalue weighted by Gasteiger charge is 2.27. The van der Waals surface area contributed by atoms with E-state index in [0.29, 0.717) is 29.2 Å². The molecule has 0 saturated carbocycles. The van der Waals surface area contributed by atoms with Gasteiger partial charge in [-0.3, -0.25) is 9.59 Å². The highest BCUT2D eigenvalue weighted by Crippen LogP contribution is 2.29. The van der Waals surface area contributed by atoms with Gasteiger partial charge in [-0.1, -0.05) is 29.8 Å². The molecule has 1 aromatic heterocycles. The van der Waals surface area contributed by atoms with Crippen molar-refractivity contribution in [2.75, 3.05) is 18.1 Å². The van der Waals surface area contributed by atoms with Gasteiger partial charge in [-0.25, -0.2) is 4.79 Å². The first-order valence-electron chi connectivity index (χ1n) is 9.33. The van der Waals surface area contributed by atoms with Crippen molar-refractivity contribution in [3.63, 3.8) is 0 Å². The average molecular weight is 411 g/mol. The molecule has 1 fully saturated rings. The van der Waals surface area contributed by atoms with Crippen molar-refractivity contribution in [3.8, 4) is 0 Å². The number of aromatic amines is 1. The number of nitrogens with zero attached hydrogens (tertiary/aromatic N) is 1. The Kier molecular flexibility index (Phi) is 5.11. The average Bonchev–Trinajstić information content (AvgIpc) is 3.27. The molecule has 0 radical (unpaired) electrons. The van der Waals surface area contributed by atoms with E-state index < -0.39 is 12.6 Å². The fraction of sp³-hybridized carbons (Fsp3) is 0.227. The van der Waals surface area contributed by atoms with Crippen LogP contribution in [0.15, 0.2) is 42.5 Å². The Balaban J connectivity index is 1.55. The van der Waals surface area contributed by atoms with Gasteiger partial charge >= 0.3 is 5.97 Å². The monoisotopic (exact) mass is 410 g/mol. The Morgan fingerprint density at radius 2 is 2.00 bits per heavy atom. The zero-order chi connectivity index (χ0) is 20.5. The van der Waals surface area contributed by atoms with Gasteiger partial charge < -0.3 is 14.6 Å². The number of amides is 1. The lowest BCUT2D eigenvalue weighted by atomic mass is 10.1. The molecule has 29 heavy (non-hydrogen) atoms. The fourth-order valence-electron chi connectivity index (χ4n) is 3.72. The highest BCUT2D eigenvalue weighted by atomic mass is 35.5. The SMILES string of the molecule is Cc1[nH]c2ccccc2c1C(=O)COC(=O)c1ccc(Cl)cc1N1CCCC1=O. The first-order valence-corrected chi connectivity index (χ1v) is 9.71. The van der Waals surface area contributed by atoms with Crippen LogP contribution in [0.4, 0.5) is 5.69 Å². The van der Waals surface area contributed by atoms with Crippen LogP contribution in [0, 0.1) is 6.92 Å². The Morgan fingerprint density at radius 1 is 1.21 bits per heavy atom. The molecule has 0 unspecified atom stereocenters. The molecule has 2 heterocycles. The van der Waals surface area contributed by atoms with E-state index in [-0.39, 0.29) is 17.3 Å². The van der Waals surface area contributed by atoms with E-state index in [9.17, 15) is 14.4 Å². The van der Waals surface area contributed by atoms with Crippen LogP contribution < -0.4 is 4.90 Å². The maximum Gasteiger partial charge on any atom is 0.340 e. The number of nitrogens with one attached hydrogen (secondary N) is 1. The van der Waals surface area contributed by atoms with Crippen LogP contribution in [0.3, 0.4) is 0 Å². The molecule has 4 rings (SSSR count). The van der Waals surface area contributed by atoms with Gasteiger partial charge in [0.15, 0.2) is 6.61 Å². The lowest BCUT2D eigenvalue weighted by Gasteiger charge is -2.19. The molecular formula is C22H19ClN2O4. The van der Waals surface area contributed by atoms with E-state index in [1.54, 1.807) is 12.1 Å². The number of para-hydroxylation sites is 1. The van der Waals surface area contributed by atoms with E-state index in [1.165, 1.54) is 11.0 Å². The summed E-state index contributed by atoms with van der Waals surface area (Å²) in [5.41, 5.74) is 2.72. The van der Waals surface area contributed by atoms with Crippen LogP contribution in [0.1, 0.15) is 39.3 Å². The van der Waals surface area contributed by atoms with Gasteiger partial charge in [0.05, 0.1) is 11.3 Å². The van der Waals surface area contributed by atoms with Crippen molar-refractivity contribution in [1.29, 1.82) is 0 Å². The third kappa shape index (κ3) is 3.63. The number of hydrogen-bond acceptors (Lipinski definition) is 4. The summed E-state index contributed by atoms with van der Waals surface area (Å²) in [6.07, 6.45) is 1.15. The Labute approximate surface area is 172 Å². The largest absolute Gasteiger partial charge is 0.454 e. The maximum atomic E-state index is 12.7. The number of benzene rings is 2. The van der Waals surface area contributed by atoms with Gasteiger partial charge in [-0.2, -0.15) is 0 Å². The van der Waals surface area contributed by atoms with E-state index in [2.05, 4.69) is 4.98 Å². The summed E-state index contributed by atoms with van der Waals surface area (Å²) in [7, 11) is 0. The highest BCUT2D eigenvalue weighted by molar-refractivity contribution is 6.31. The van der Waals surface area contributed by atoms with Crippen LogP contribution in [0.2, 0.25) is 5.02 Å². The number of rotatable bonds is 5. The molecule has 1 aliphatic rings. The number of anilines is 1. The van der Waals surface area contributed by atoms with Gasteiger partial charge in [-0.15, -0.1) is 0 Å². The third-order valence-electron chi connectivity index (χ3n) is 5.05. The first kappa shape index (κ1) is 19.2.